The lowest BCUT2D eigenvalue weighted by atomic mass is 10.1. The van der Waals surface area contributed by atoms with E-state index in [9.17, 15) is 5.11 Å². The van der Waals surface area contributed by atoms with Crippen molar-refractivity contribution >= 4 is 22.5 Å². The molecule has 4 rings (SSSR count). The van der Waals surface area contributed by atoms with E-state index in [0.717, 1.165) is 65.4 Å². The average molecular weight is 311 g/mol. The molecule has 1 saturated heterocycles. The third-order valence-electron chi connectivity index (χ3n) is 4.57. The summed E-state index contributed by atoms with van der Waals surface area (Å²) in [6.07, 6.45) is 1.40. The predicted molar refractivity (Wildman–Crippen MR) is 90.0 cm³/mol. The molecule has 3 aromatic rings. The monoisotopic (exact) mass is 311 g/mol. The summed E-state index contributed by atoms with van der Waals surface area (Å²) >= 11 is 0. The van der Waals surface area contributed by atoms with Crippen molar-refractivity contribution in [3.63, 3.8) is 0 Å². The second-order valence-corrected chi connectivity index (χ2v) is 6.49. The maximum atomic E-state index is 9.75. The number of aromatic nitrogens is 4. The van der Waals surface area contributed by atoms with E-state index in [1.54, 1.807) is 0 Å². The van der Waals surface area contributed by atoms with Crippen molar-refractivity contribution in [1.82, 2.24) is 19.6 Å². The number of pyridine rings is 1. The van der Waals surface area contributed by atoms with Gasteiger partial charge < -0.3 is 10.0 Å². The molecular weight excluding hydrogens is 290 g/mol. The Morgan fingerprint density at radius 2 is 1.74 bits per heavy atom. The summed E-state index contributed by atoms with van der Waals surface area (Å²) in [6.45, 7) is 7.75. The van der Waals surface area contributed by atoms with Gasteiger partial charge in [0.15, 0.2) is 11.3 Å². The van der Waals surface area contributed by atoms with Gasteiger partial charge in [-0.15, -0.1) is 5.10 Å². The first-order chi connectivity index (χ1) is 11.0. The molecule has 4 heterocycles. The van der Waals surface area contributed by atoms with Crippen molar-refractivity contribution in [3.05, 3.63) is 29.1 Å². The lowest BCUT2D eigenvalue weighted by molar-refractivity contribution is 0.145. The molecule has 0 aromatic carbocycles. The van der Waals surface area contributed by atoms with Crippen LogP contribution in [0.4, 0.5) is 5.82 Å². The molecule has 0 saturated carbocycles. The van der Waals surface area contributed by atoms with Crippen LogP contribution in [0.15, 0.2) is 12.1 Å². The number of aryl methyl sites for hydroxylation is 3. The number of hydrogen-bond acceptors (Lipinski definition) is 5. The van der Waals surface area contributed by atoms with Crippen LogP contribution in [0.25, 0.3) is 16.7 Å². The zero-order valence-corrected chi connectivity index (χ0v) is 13.7. The first-order valence-electron chi connectivity index (χ1n) is 8.10. The minimum atomic E-state index is -0.187. The summed E-state index contributed by atoms with van der Waals surface area (Å²) in [5.74, 6) is 1.04. The normalized spacial score (nSPS) is 16.6. The van der Waals surface area contributed by atoms with Crippen LogP contribution in [0.3, 0.4) is 0 Å². The number of rotatable bonds is 1. The van der Waals surface area contributed by atoms with Crippen LogP contribution in [0.5, 0.6) is 0 Å². The molecule has 6 nitrogen and oxygen atoms in total. The van der Waals surface area contributed by atoms with Gasteiger partial charge in [-0.1, -0.05) is 0 Å². The molecule has 1 aliphatic rings. The average Bonchev–Trinajstić information content (AvgIpc) is 2.85. The van der Waals surface area contributed by atoms with E-state index in [0.29, 0.717) is 0 Å². The Morgan fingerprint density at radius 1 is 1.04 bits per heavy atom. The second-order valence-electron chi connectivity index (χ2n) is 6.49. The summed E-state index contributed by atoms with van der Waals surface area (Å²) in [5, 5.41) is 15.5. The SMILES string of the molecule is Cc1cc(C)c2c(n1)nn1c(N3CCC(O)CC3)cc(C)nc21. The first-order valence-corrected chi connectivity index (χ1v) is 8.10. The molecule has 1 fully saturated rings. The highest BCUT2D eigenvalue weighted by Crippen LogP contribution is 2.27. The third-order valence-corrected chi connectivity index (χ3v) is 4.57. The number of piperidine rings is 1. The molecule has 0 aliphatic carbocycles. The zero-order chi connectivity index (χ0) is 16.1. The lowest BCUT2D eigenvalue weighted by Crippen LogP contribution is -2.37. The van der Waals surface area contributed by atoms with Gasteiger partial charge in [0.05, 0.1) is 11.5 Å². The highest BCUT2D eigenvalue weighted by atomic mass is 16.3. The number of aliphatic hydroxyl groups excluding tert-OH is 1. The van der Waals surface area contributed by atoms with Gasteiger partial charge >= 0.3 is 0 Å². The molecular formula is C17H21N5O. The van der Waals surface area contributed by atoms with Gasteiger partial charge in [-0.3, -0.25) is 0 Å². The lowest BCUT2D eigenvalue weighted by Gasteiger charge is -2.31. The van der Waals surface area contributed by atoms with Gasteiger partial charge in [0.2, 0.25) is 0 Å². The van der Waals surface area contributed by atoms with Gasteiger partial charge in [-0.05, 0) is 45.2 Å². The van der Waals surface area contributed by atoms with E-state index in [4.69, 9.17) is 10.1 Å². The van der Waals surface area contributed by atoms with Gasteiger partial charge in [-0.2, -0.15) is 4.52 Å². The topological polar surface area (TPSA) is 66.5 Å². The maximum Gasteiger partial charge on any atom is 0.184 e. The summed E-state index contributed by atoms with van der Waals surface area (Å²) in [5.41, 5.74) is 4.71. The molecule has 0 spiro atoms. The molecule has 0 amide bonds. The van der Waals surface area contributed by atoms with Crippen LogP contribution >= 0.6 is 0 Å². The van der Waals surface area contributed by atoms with E-state index < -0.39 is 0 Å². The molecule has 1 aliphatic heterocycles. The Bertz CT molecular complexity index is 893. The molecule has 0 radical (unpaired) electrons. The third kappa shape index (κ3) is 2.34. The Balaban J connectivity index is 1.96. The fourth-order valence-electron chi connectivity index (χ4n) is 3.44. The molecule has 1 N–H and O–H groups in total. The van der Waals surface area contributed by atoms with Crippen LogP contribution in [-0.2, 0) is 0 Å². The van der Waals surface area contributed by atoms with Gasteiger partial charge in [0, 0.05) is 30.5 Å². The summed E-state index contributed by atoms with van der Waals surface area (Å²) < 4.78 is 1.91. The second kappa shape index (κ2) is 5.16. The number of fused-ring (bicyclic) bond motifs is 3. The number of nitrogens with zero attached hydrogens (tertiary/aromatic N) is 5. The van der Waals surface area contributed by atoms with Crippen molar-refractivity contribution in [2.75, 3.05) is 18.0 Å². The van der Waals surface area contributed by atoms with Crippen molar-refractivity contribution in [3.8, 4) is 0 Å². The van der Waals surface area contributed by atoms with Crippen molar-refractivity contribution in [1.29, 1.82) is 0 Å². The molecule has 6 heteroatoms. The van der Waals surface area contributed by atoms with E-state index >= 15 is 0 Å². The highest BCUT2D eigenvalue weighted by Gasteiger charge is 2.22. The van der Waals surface area contributed by atoms with Crippen LogP contribution in [0, 0.1) is 20.8 Å². The van der Waals surface area contributed by atoms with Crippen LogP contribution in [-0.4, -0.2) is 43.9 Å². The zero-order valence-electron chi connectivity index (χ0n) is 13.7. The largest absolute Gasteiger partial charge is 0.393 e. The number of anilines is 1. The maximum absolute atomic E-state index is 9.75. The van der Waals surface area contributed by atoms with E-state index in [-0.39, 0.29) is 6.10 Å². The van der Waals surface area contributed by atoms with Gasteiger partial charge in [0.1, 0.15) is 5.82 Å². The molecule has 0 bridgehead atoms. The van der Waals surface area contributed by atoms with Crippen LogP contribution in [0.1, 0.15) is 29.8 Å². The quantitative estimate of drug-likeness (QED) is 0.746. The minimum absolute atomic E-state index is 0.187. The van der Waals surface area contributed by atoms with E-state index in [1.807, 2.05) is 18.4 Å². The summed E-state index contributed by atoms with van der Waals surface area (Å²) in [6, 6.07) is 4.14. The van der Waals surface area contributed by atoms with Crippen molar-refractivity contribution in [2.24, 2.45) is 0 Å². The Hall–Kier alpha value is -2.21. The fraction of sp³-hybridized carbons (Fsp3) is 0.471. The Kier molecular flexibility index (Phi) is 3.23. The molecule has 0 atom stereocenters. The smallest absolute Gasteiger partial charge is 0.184 e. The fourth-order valence-corrected chi connectivity index (χ4v) is 3.44. The molecule has 120 valence electrons. The first kappa shape index (κ1) is 14.4. The van der Waals surface area contributed by atoms with Crippen molar-refractivity contribution < 1.29 is 5.11 Å². The Labute approximate surface area is 134 Å². The van der Waals surface area contributed by atoms with Crippen LogP contribution in [0.2, 0.25) is 0 Å². The standard InChI is InChI=1S/C17H21N5O/c1-10-8-11(2)18-16-15(10)17-19-12(3)9-14(22(17)20-16)21-6-4-13(23)5-7-21/h8-9,13,23H,4-7H2,1-3H3. The highest BCUT2D eigenvalue weighted by molar-refractivity contribution is 5.93. The van der Waals surface area contributed by atoms with Gasteiger partial charge in [-0.25, -0.2) is 9.97 Å². The van der Waals surface area contributed by atoms with Crippen molar-refractivity contribution in [2.45, 2.75) is 39.7 Å². The molecule has 0 unspecified atom stereocenters. The Morgan fingerprint density at radius 3 is 2.48 bits per heavy atom. The number of aliphatic hydroxyl groups is 1. The van der Waals surface area contributed by atoms with Gasteiger partial charge in [0.25, 0.3) is 0 Å². The minimum Gasteiger partial charge on any atom is -0.393 e. The van der Waals surface area contributed by atoms with Crippen LogP contribution < -0.4 is 4.90 Å². The van der Waals surface area contributed by atoms with E-state index in [1.165, 1.54) is 0 Å². The molecule has 23 heavy (non-hydrogen) atoms. The number of hydrogen-bond donors (Lipinski definition) is 1. The predicted octanol–water partition coefficient (Wildman–Crippen LogP) is 2.16. The van der Waals surface area contributed by atoms with E-state index in [2.05, 4.69) is 28.9 Å². The molecule has 3 aromatic heterocycles. The summed E-state index contributed by atoms with van der Waals surface area (Å²) in [4.78, 5) is 11.6. The summed E-state index contributed by atoms with van der Waals surface area (Å²) in [7, 11) is 0.